The molecule has 1 aromatic rings. The summed E-state index contributed by atoms with van der Waals surface area (Å²) in [5.41, 5.74) is 1.15. The van der Waals surface area contributed by atoms with Crippen molar-refractivity contribution < 1.29 is 4.79 Å². The molecule has 0 fully saturated rings. The zero-order valence-electron chi connectivity index (χ0n) is 9.71. The summed E-state index contributed by atoms with van der Waals surface area (Å²) in [6.45, 7) is 5.46. The Hall–Kier alpha value is -1.32. The van der Waals surface area contributed by atoms with E-state index in [1.165, 1.54) is 0 Å². The summed E-state index contributed by atoms with van der Waals surface area (Å²) in [5.74, 6) is 0.0357. The Kier molecular flexibility index (Phi) is 6.37. The topological polar surface area (TPSA) is 41.1 Å². The number of hydrogen-bond donors (Lipinski definition) is 2. The first-order chi connectivity index (χ1) is 8.22. The largest absolute Gasteiger partial charge is 0.353 e. The first-order valence-electron chi connectivity index (χ1n) is 5.55. The van der Waals surface area contributed by atoms with Crippen LogP contribution in [0.1, 0.15) is 12.0 Å². The van der Waals surface area contributed by atoms with E-state index >= 15 is 0 Å². The monoisotopic (exact) mass is 252 g/mol. The molecular weight excluding hydrogens is 236 g/mol. The molecule has 0 unspecified atom stereocenters. The number of rotatable bonds is 7. The average Bonchev–Trinajstić information content (AvgIpc) is 2.34. The Morgan fingerprint density at radius 1 is 1.35 bits per heavy atom. The number of carbonyl (C=O) groups excluding carboxylic acids is 1. The van der Waals surface area contributed by atoms with Gasteiger partial charge >= 0.3 is 0 Å². The van der Waals surface area contributed by atoms with Gasteiger partial charge in [-0.15, -0.1) is 6.58 Å². The number of amides is 1. The van der Waals surface area contributed by atoms with Gasteiger partial charge in [-0.2, -0.15) is 0 Å². The predicted octanol–water partition coefficient (Wildman–Crippen LogP) is 2.12. The molecule has 0 bridgehead atoms. The van der Waals surface area contributed by atoms with Crippen molar-refractivity contribution in [2.75, 3.05) is 13.1 Å². The van der Waals surface area contributed by atoms with Gasteiger partial charge in [0, 0.05) is 31.1 Å². The van der Waals surface area contributed by atoms with Crippen LogP contribution in [0, 0.1) is 0 Å². The van der Waals surface area contributed by atoms with Crippen LogP contribution in [0.4, 0.5) is 0 Å². The van der Waals surface area contributed by atoms with E-state index in [-0.39, 0.29) is 5.91 Å². The van der Waals surface area contributed by atoms with E-state index in [1.807, 2.05) is 24.3 Å². The Labute approximate surface area is 107 Å². The van der Waals surface area contributed by atoms with Crippen molar-refractivity contribution in [3.63, 3.8) is 0 Å². The minimum absolute atomic E-state index is 0.0357. The van der Waals surface area contributed by atoms with Crippen molar-refractivity contribution >= 4 is 17.5 Å². The molecule has 1 rings (SSSR count). The molecule has 0 atom stereocenters. The second-order valence-corrected chi connectivity index (χ2v) is 4.08. The number of benzene rings is 1. The standard InChI is InChI=1S/C13H17ClN2O/c1-2-8-16-13(17)7-9-15-10-11-3-5-12(14)6-4-11/h2-6,15H,1,7-10H2,(H,16,17). The highest BCUT2D eigenvalue weighted by molar-refractivity contribution is 6.30. The van der Waals surface area contributed by atoms with Gasteiger partial charge in [0.2, 0.25) is 5.91 Å². The van der Waals surface area contributed by atoms with Crippen molar-refractivity contribution in [2.45, 2.75) is 13.0 Å². The summed E-state index contributed by atoms with van der Waals surface area (Å²) >= 11 is 5.78. The van der Waals surface area contributed by atoms with E-state index in [9.17, 15) is 4.79 Å². The zero-order chi connectivity index (χ0) is 12.5. The minimum Gasteiger partial charge on any atom is -0.353 e. The smallest absolute Gasteiger partial charge is 0.221 e. The van der Waals surface area contributed by atoms with E-state index in [2.05, 4.69) is 17.2 Å². The molecule has 92 valence electrons. The summed E-state index contributed by atoms with van der Waals surface area (Å²) in [6, 6.07) is 7.64. The van der Waals surface area contributed by atoms with E-state index in [1.54, 1.807) is 6.08 Å². The van der Waals surface area contributed by atoms with Gasteiger partial charge in [0.1, 0.15) is 0 Å². The molecule has 1 aromatic carbocycles. The van der Waals surface area contributed by atoms with Crippen LogP contribution in [0.2, 0.25) is 5.02 Å². The van der Waals surface area contributed by atoms with Gasteiger partial charge in [-0.3, -0.25) is 4.79 Å². The lowest BCUT2D eigenvalue weighted by Crippen LogP contribution is -2.27. The lowest BCUT2D eigenvalue weighted by Gasteiger charge is -2.05. The van der Waals surface area contributed by atoms with Gasteiger partial charge < -0.3 is 10.6 Å². The molecule has 0 aliphatic carbocycles. The molecule has 3 nitrogen and oxygen atoms in total. The maximum Gasteiger partial charge on any atom is 0.221 e. The third kappa shape index (κ3) is 6.09. The minimum atomic E-state index is 0.0357. The predicted molar refractivity (Wildman–Crippen MR) is 71.0 cm³/mol. The van der Waals surface area contributed by atoms with E-state index in [4.69, 9.17) is 11.6 Å². The van der Waals surface area contributed by atoms with Crippen molar-refractivity contribution in [3.05, 3.63) is 47.5 Å². The van der Waals surface area contributed by atoms with E-state index < -0.39 is 0 Å². The third-order valence-corrected chi connectivity index (χ3v) is 2.47. The highest BCUT2D eigenvalue weighted by atomic mass is 35.5. The molecule has 0 saturated heterocycles. The fourth-order valence-corrected chi connectivity index (χ4v) is 1.44. The van der Waals surface area contributed by atoms with Crippen molar-refractivity contribution in [3.8, 4) is 0 Å². The highest BCUT2D eigenvalue weighted by Crippen LogP contribution is 2.08. The summed E-state index contributed by atoms with van der Waals surface area (Å²) < 4.78 is 0. The normalized spacial score (nSPS) is 9.94. The molecule has 0 radical (unpaired) electrons. The summed E-state index contributed by atoms with van der Waals surface area (Å²) in [6.07, 6.45) is 2.14. The van der Waals surface area contributed by atoms with Gasteiger partial charge in [0.25, 0.3) is 0 Å². The van der Waals surface area contributed by atoms with Crippen LogP contribution in [-0.4, -0.2) is 19.0 Å². The fraction of sp³-hybridized carbons (Fsp3) is 0.308. The van der Waals surface area contributed by atoms with E-state index in [0.29, 0.717) is 19.5 Å². The molecule has 2 N–H and O–H groups in total. The van der Waals surface area contributed by atoms with Crippen LogP contribution >= 0.6 is 11.6 Å². The Morgan fingerprint density at radius 3 is 2.71 bits per heavy atom. The lowest BCUT2D eigenvalue weighted by molar-refractivity contribution is -0.120. The van der Waals surface area contributed by atoms with Crippen LogP contribution in [0.5, 0.6) is 0 Å². The molecule has 0 aromatic heterocycles. The Balaban J connectivity index is 2.13. The maximum absolute atomic E-state index is 11.2. The third-order valence-electron chi connectivity index (χ3n) is 2.21. The van der Waals surface area contributed by atoms with Crippen LogP contribution in [-0.2, 0) is 11.3 Å². The lowest BCUT2D eigenvalue weighted by atomic mass is 10.2. The zero-order valence-corrected chi connectivity index (χ0v) is 10.5. The van der Waals surface area contributed by atoms with Crippen molar-refractivity contribution in [1.29, 1.82) is 0 Å². The highest BCUT2D eigenvalue weighted by Gasteiger charge is 1.98. The Morgan fingerprint density at radius 2 is 2.06 bits per heavy atom. The number of carbonyl (C=O) groups is 1. The Bertz CT molecular complexity index is 362. The van der Waals surface area contributed by atoms with Crippen LogP contribution in [0.25, 0.3) is 0 Å². The first kappa shape index (κ1) is 13.7. The van der Waals surface area contributed by atoms with Gasteiger partial charge in [0.15, 0.2) is 0 Å². The van der Waals surface area contributed by atoms with Gasteiger partial charge in [-0.25, -0.2) is 0 Å². The van der Waals surface area contributed by atoms with E-state index in [0.717, 1.165) is 17.1 Å². The van der Waals surface area contributed by atoms with Crippen LogP contribution < -0.4 is 10.6 Å². The van der Waals surface area contributed by atoms with Gasteiger partial charge in [0.05, 0.1) is 0 Å². The summed E-state index contributed by atoms with van der Waals surface area (Å²) in [4.78, 5) is 11.2. The SMILES string of the molecule is C=CCNC(=O)CCNCc1ccc(Cl)cc1. The van der Waals surface area contributed by atoms with Crippen LogP contribution in [0.3, 0.4) is 0 Å². The molecule has 0 spiro atoms. The summed E-state index contributed by atoms with van der Waals surface area (Å²) in [5, 5.41) is 6.66. The van der Waals surface area contributed by atoms with Crippen molar-refractivity contribution in [1.82, 2.24) is 10.6 Å². The average molecular weight is 253 g/mol. The molecule has 17 heavy (non-hydrogen) atoms. The molecule has 1 amide bonds. The second-order valence-electron chi connectivity index (χ2n) is 3.65. The number of nitrogens with one attached hydrogen (secondary N) is 2. The molecule has 0 aliphatic rings. The second kappa shape index (κ2) is 7.87. The molecule has 0 saturated carbocycles. The number of hydrogen-bond acceptors (Lipinski definition) is 2. The van der Waals surface area contributed by atoms with Gasteiger partial charge in [-0.1, -0.05) is 29.8 Å². The fourth-order valence-electron chi connectivity index (χ4n) is 1.31. The molecular formula is C13H17ClN2O. The molecule has 4 heteroatoms. The van der Waals surface area contributed by atoms with Crippen molar-refractivity contribution in [2.24, 2.45) is 0 Å². The molecule has 0 heterocycles. The quantitative estimate of drug-likeness (QED) is 0.577. The van der Waals surface area contributed by atoms with Crippen LogP contribution in [0.15, 0.2) is 36.9 Å². The van der Waals surface area contributed by atoms with Gasteiger partial charge in [-0.05, 0) is 17.7 Å². The molecule has 0 aliphatic heterocycles. The summed E-state index contributed by atoms with van der Waals surface area (Å²) in [7, 11) is 0. The maximum atomic E-state index is 11.2. The number of halogens is 1. The first-order valence-corrected chi connectivity index (χ1v) is 5.93.